The normalized spacial score (nSPS) is 13.6. The van der Waals surface area contributed by atoms with Crippen molar-refractivity contribution in [3.05, 3.63) is 0 Å². The van der Waals surface area contributed by atoms with Gasteiger partial charge in [0, 0.05) is 5.25 Å². The molecule has 0 heterocycles. The molecule has 2 heteroatoms. The second-order valence-corrected chi connectivity index (χ2v) is 3.33. The van der Waals surface area contributed by atoms with E-state index in [9.17, 15) is 0 Å². The average Bonchev–Trinajstić information content (AvgIpc) is 1.27. The van der Waals surface area contributed by atoms with E-state index in [0.717, 1.165) is 11.3 Å². The monoisotopic (exact) mass is 134 g/mol. The summed E-state index contributed by atoms with van der Waals surface area (Å²) in [6, 6.07) is 0. The number of thiol groups is 1. The molecule has 0 aliphatic heterocycles. The van der Waals surface area contributed by atoms with E-state index in [-0.39, 0.29) is 0 Å². The van der Waals surface area contributed by atoms with E-state index in [2.05, 4.69) is 12.6 Å². The van der Waals surface area contributed by atoms with Gasteiger partial charge in [-0.1, -0.05) is 19.1 Å². The van der Waals surface area contributed by atoms with Crippen LogP contribution in [-0.2, 0) is 0 Å². The summed E-state index contributed by atoms with van der Waals surface area (Å²) in [5.74, 6) is 0. The van der Waals surface area contributed by atoms with E-state index in [1.165, 1.54) is 0 Å². The quantitative estimate of drug-likeness (QED) is 0.445. The van der Waals surface area contributed by atoms with Gasteiger partial charge in [0.1, 0.15) is 0 Å². The van der Waals surface area contributed by atoms with Crippen molar-refractivity contribution in [2.45, 2.75) is 25.5 Å². The first-order chi connectivity index (χ1) is 3.13. The largest absolute Gasteiger partial charge is 0.176 e. The fourth-order valence-corrected chi connectivity index (χ4v) is 1.06. The van der Waals surface area contributed by atoms with Crippen molar-refractivity contribution in [3.8, 4) is 0 Å². The zero-order chi connectivity index (χ0) is 5.86. The Hall–Kier alpha value is 0.440. The predicted molar refractivity (Wildman–Crippen MR) is 41.3 cm³/mol. The SMILES string of the molecule is CC(=S)CC(C)S. The summed E-state index contributed by atoms with van der Waals surface area (Å²) in [6.45, 7) is 3.99. The average molecular weight is 134 g/mol. The highest BCUT2D eigenvalue weighted by molar-refractivity contribution is 7.81. The molecule has 0 saturated heterocycles. The highest BCUT2D eigenvalue weighted by atomic mass is 32.1. The van der Waals surface area contributed by atoms with Crippen LogP contribution in [0, 0.1) is 0 Å². The lowest BCUT2D eigenvalue weighted by Gasteiger charge is -1.97. The molecule has 1 atom stereocenters. The second kappa shape index (κ2) is 3.44. The fourth-order valence-electron chi connectivity index (χ4n) is 0.416. The van der Waals surface area contributed by atoms with Crippen molar-refractivity contribution in [3.63, 3.8) is 0 Å². The fraction of sp³-hybridized carbons (Fsp3) is 0.800. The molecule has 0 nitrogen and oxygen atoms in total. The van der Waals surface area contributed by atoms with Crippen LogP contribution in [0.1, 0.15) is 20.3 Å². The maximum Gasteiger partial charge on any atom is 0.00337 e. The van der Waals surface area contributed by atoms with Crippen molar-refractivity contribution in [1.29, 1.82) is 0 Å². The van der Waals surface area contributed by atoms with Gasteiger partial charge < -0.3 is 0 Å². The molecular formula is C5H10S2. The molecule has 7 heavy (non-hydrogen) atoms. The third kappa shape index (κ3) is 6.44. The van der Waals surface area contributed by atoms with Gasteiger partial charge in [-0.15, -0.1) is 0 Å². The van der Waals surface area contributed by atoms with Gasteiger partial charge in [0.05, 0.1) is 0 Å². The Balaban J connectivity index is 3.13. The Morgan fingerprint density at radius 2 is 2.29 bits per heavy atom. The molecule has 0 aromatic rings. The van der Waals surface area contributed by atoms with Gasteiger partial charge in [-0.25, -0.2) is 0 Å². The highest BCUT2D eigenvalue weighted by Gasteiger charge is 1.92. The Kier molecular flexibility index (Phi) is 3.66. The Bertz CT molecular complexity index is 66.5. The summed E-state index contributed by atoms with van der Waals surface area (Å²) in [5, 5.41) is 0.428. The van der Waals surface area contributed by atoms with E-state index in [0.29, 0.717) is 5.25 Å². The van der Waals surface area contributed by atoms with Crippen LogP contribution in [0.5, 0.6) is 0 Å². The third-order valence-corrected chi connectivity index (χ3v) is 0.932. The molecule has 0 amide bonds. The molecule has 0 saturated carbocycles. The van der Waals surface area contributed by atoms with Gasteiger partial charge in [-0.2, -0.15) is 12.6 Å². The molecule has 0 spiro atoms. The maximum atomic E-state index is 4.82. The minimum absolute atomic E-state index is 0.428. The second-order valence-electron chi connectivity index (χ2n) is 1.76. The summed E-state index contributed by atoms with van der Waals surface area (Å²) in [5.41, 5.74) is 0. The Morgan fingerprint density at radius 1 is 1.86 bits per heavy atom. The molecule has 0 bridgehead atoms. The van der Waals surface area contributed by atoms with Crippen molar-refractivity contribution in [2.24, 2.45) is 0 Å². The van der Waals surface area contributed by atoms with Crippen LogP contribution in [0.15, 0.2) is 0 Å². The molecule has 1 unspecified atom stereocenters. The van der Waals surface area contributed by atoms with Crippen LogP contribution in [0.2, 0.25) is 0 Å². The summed E-state index contributed by atoms with van der Waals surface area (Å²) in [6.07, 6.45) is 0.957. The highest BCUT2D eigenvalue weighted by Crippen LogP contribution is 1.99. The van der Waals surface area contributed by atoms with Crippen LogP contribution in [0.4, 0.5) is 0 Å². The minimum atomic E-state index is 0.428. The van der Waals surface area contributed by atoms with Crippen molar-refractivity contribution < 1.29 is 0 Å². The first kappa shape index (κ1) is 7.44. The van der Waals surface area contributed by atoms with Gasteiger partial charge in [0.25, 0.3) is 0 Å². The summed E-state index contributed by atoms with van der Waals surface area (Å²) in [4.78, 5) is 1.04. The zero-order valence-corrected chi connectivity index (χ0v) is 6.35. The lowest BCUT2D eigenvalue weighted by Crippen LogP contribution is -1.96. The molecule has 0 fully saturated rings. The van der Waals surface area contributed by atoms with Gasteiger partial charge in [-0.3, -0.25) is 0 Å². The molecule has 0 aromatic carbocycles. The van der Waals surface area contributed by atoms with Crippen molar-refractivity contribution in [2.75, 3.05) is 0 Å². The van der Waals surface area contributed by atoms with Crippen LogP contribution in [0.3, 0.4) is 0 Å². The molecule has 42 valence electrons. The standard InChI is InChI=1S/C5H10S2/c1-4(6)3-5(2)7/h4,6H,3H2,1-2H3. The van der Waals surface area contributed by atoms with Crippen LogP contribution >= 0.6 is 24.8 Å². The molecule has 0 N–H and O–H groups in total. The Labute approximate surface area is 55.7 Å². The molecular weight excluding hydrogens is 124 g/mol. The smallest absolute Gasteiger partial charge is 0.00337 e. The first-order valence-electron chi connectivity index (χ1n) is 2.30. The number of rotatable bonds is 2. The lowest BCUT2D eigenvalue weighted by molar-refractivity contribution is 1.03. The Morgan fingerprint density at radius 3 is 2.29 bits per heavy atom. The lowest BCUT2D eigenvalue weighted by atomic mass is 10.3. The summed E-state index contributed by atoms with van der Waals surface area (Å²) in [7, 11) is 0. The van der Waals surface area contributed by atoms with Crippen LogP contribution < -0.4 is 0 Å². The van der Waals surface area contributed by atoms with E-state index < -0.39 is 0 Å². The molecule has 0 aromatic heterocycles. The first-order valence-corrected chi connectivity index (χ1v) is 3.23. The van der Waals surface area contributed by atoms with E-state index >= 15 is 0 Å². The summed E-state index contributed by atoms with van der Waals surface area (Å²) >= 11 is 8.97. The molecule has 0 rings (SSSR count). The maximum absolute atomic E-state index is 4.82. The third-order valence-electron chi connectivity index (χ3n) is 0.583. The van der Waals surface area contributed by atoms with Gasteiger partial charge >= 0.3 is 0 Å². The number of hydrogen-bond acceptors (Lipinski definition) is 2. The van der Waals surface area contributed by atoms with E-state index in [1.54, 1.807) is 0 Å². The van der Waals surface area contributed by atoms with E-state index in [1.807, 2.05) is 13.8 Å². The van der Waals surface area contributed by atoms with Crippen molar-refractivity contribution in [1.82, 2.24) is 0 Å². The van der Waals surface area contributed by atoms with Gasteiger partial charge in [0.15, 0.2) is 0 Å². The number of hydrogen-bond donors (Lipinski definition) is 1. The minimum Gasteiger partial charge on any atom is -0.176 e. The number of thiocarbonyl (C=S) groups is 1. The van der Waals surface area contributed by atoms with Crippen LogP contribution in [0.25, 0.3) is 0 Å². The zero-order valence-electron chi connectivity index (χ0n) is 4.64. The molecule has 0 aliphatic rings. The summed E-state index contributed by atoms with van der Waals surface area (Å²) < 4.78 is 0. The predicted octanol–water partition coefficient (Wildman–Crippen LogP) is 2.08. The molecule has 0 radical (unpaired) electrons. The van der Waals surface area contributed by atoms with E-state index in [4.69, 9.17) is 12.2 Å². The van der Waals surface area contributed by atoms with Gasteiger partial charge in [0.2, 0.25) is 0 Å². The van der Waals surface area contributed by atoms with Crippen LogP contribution in [-0.4, -0.2) is 10.1 Å². The molecule has 0 aliphatic carbocycles. The topological polar surface area (TPSA) is 0 Å². The van der Waals surface area contributed by atoms with Crippen molar-refractivity contribution >= 4 is 29.7 Å². The van der Waals surface area contributed by atoms with Gasteiger partial charge in [-0.05, 0) is 18.2 Å².